The van der Waals surface area contributed by atoms with E-state index in [-0.39, 0.29) is 162 Å². The number of aliphatic hydroxyl groups excluding tert-OH is 4. The molecule has 4 atom stereocenters. The number of hydrogen-bond acceptors (Lipinski definition) is 12. The van der Waals surface area contributed by atoms with Gasteiger partial charge in [0.25, 0.3) is 0 Å². The number of aliphatic hydroxyl groups is 4. The van der Waals surface area contributed by atoms with E-state index in [9.17, 15) is 39.6 Å². The fourth-order valence-corrected chi connectivity index (χ4v) is 0.516. The second-order valence-electron chi connectivity index (χ2n) is 3.06. The van der Waals surface area contributed by atoms with E-state index >= 15 is 0 Å². The molecule has 0 aliphatic carbocycles. The molecule has 12 nitrogen and oxygen atoms in total. The van der Waals surface area contributed by atoms with Crippen molar-refractivity contribution < 1.29 is 222 Å². The van der Waals surface area contributed by atoms with E-state index in [0.29, 0.717) is 0 Å². The molecule has 4 unspecified atom stereocenters. The average molecular weight is 420 g/mol. The molecular weight excluding hydrogens is 412 g/mol. The molecule has 4 N–H and O–H groups in total. The molecule has 0 saturated heterocycles. The molecule has 0 aromatic carbocycles. The number of hydrogen-bond donors (Lipinski definition) is 4. The second-order valence-corrected chi connectivity index (χ2v) is 3.06. The molecule has 0 aliphatic heterocycles. The molecule has 0 aromatic rings. The van der Waals surface area contributed by atoms with Crippen LogP contribution in [0.15, 0.2) is 0 Å². The minimum atomic E-state index is -2.44. The Bertz CT molecular complexity index is 323. The summed E-state index contributed by atoms with van der Waals surface area (Å²) in [5.41, 5.74) is 0. The number of carboxylic acids is 4. The largest absolute Gasteiger partial charge is 1.00 e. The van der Waals surface area contributed by atoms with Crippen molar-refractivity contribution in [2.45, 2.75) is 24.4 Å². The van der Waals surface area contributed by atoms with Crippen molar-refractivity contribution in [3.8, 4) is 0 Å². The predicted molar refractivity (Wildman–Crippen MR) is 44.1 cm³/mol. The zero-order valence-electron chi connectivity index (χ0n) is 13.4. The Morgan fingerprint density at radius 1 is 0.500 bits per heavy atom. The molecule has 16 heteroatoms. The Morgan fingerprint density at radius 3 is 0.625 bits per heavy atom. The Hall–Kier alpha value is 2.99. The predicted octanol–water partition coefficient (Wildman–Crippen LogP) is -21.6. The summed E-state index contributed by atoms with van der Waals surface area (Å²) in [5.74, 6) is -8.23. The topological polar surface area (TPSA) is 241 Å². The number of rotatable bonds is 6. The number of carbonyl (C=O) groups is 4. The fourth-order valence-electron chi connectivity index (χ4n) is 0.516. The van der Waals surface area contributed by atoms with E-state index in [1.807, 2.05) is 0 Å². The van der Waals surface area contributed by atoms with Gasteiger partial charge in [-0.15, -0.1) is 0 Å². The first-order chi connectivity index (χ1) is 8.93. The molecule has 0 saturated carbocycles. The van der Waals surface area contributed by atoms with Gasteiger partial charge in [0.1, 0.15) is 24.4 Å². The van der Waals surface area contributed by atoms with Gasteiger partial charge < -0.3 is 60.0 Å². The standard InChI is InChI=1S/2C4H6O6.2K.2Na/c2*5-1(3(7)8)2(6)4(9)10;;;;/h2*1-2,5-6H,(H,7,8)(H,9,10);;;;/q;;4*+1/p-4. The van der Waals surface area contributed by atoms with Crippen molar-refractivity contribution in [3.05, 3.63) is 0 Å². The van der Waals surface area contributed by atoms with Crippen LogP contribution in [0.5, 0.6) is 0 Å². The summed E-state index contributed by atoms with van der Waals surface area (Å²) in [6.45, 7) is 0. The average Bonchev–Trinajstić information content (AvgIpc) is 2.35. The first kappa shape index (κ1) is 41.4. The summed E-state index contributed by atoms with van der Waals surface area (Å²) >= 11 is 0. The Kier molecular flexibility index (Phi) is 38.4. The van der Waals surface area contributed by atoms with Gasteiger partial charge in [-0.2, -0.15) is 0 Å². The van der Waals surface area contributed by atoms with E-state index in [1.165, 1.54) is 0 Å². The molecule has 0 fully saturated rings. The van der Waals surface area contributed by atoms with E-state index in [0.717, 1.165) is 0 Å². The summed E-state index contributed by atoms with van der Waals surface area (Å²) < 4.78 is 0. The summed E-state index contributed by atoms with van der Waals surface area (Å²) in [6.07, 6.45) is -9.76. The van der Waals surface area contributed by atoms with E-state index in [1.54, 1.807) is 0 Å². The van der Waals surface area contributed by atoms with Crippen LogP contribution < -0.4 is 182 Å². The molecule has 0 radical (unpaired) electrons. The molecule has 0 aromatic heterocycles. The summed E-state index contributed by atoms with van der Waals surface area (Å²) in [5, 5.41) is 71.5. The molecule has 0 heterocycles. The third-order valence-corrected chi connectivity index (χ3v) is 1.56. The molecule has 0 bridgehead atoms. The Labute approximate surface area is 264 Å². The molecule has 0 aliphatic rings. The molecule has 116 valence electrons. The Balaban J connectivity index is -0.0000000579. The third kappa shape index (κ3) is 19.7. The zero-order chi connectivity index (χ0) is 16.6. The molecular formula is C8H8K2Na2O12. The maximum Gasteiger partial charge on any atom is 1.00 e. The van der Waals surface area contributed by atoms with Crippen LogP contribution in [0.2, 0.25) is 0 Å². The van der Waals surface area contributed by atoms with Gasteiger partial charge in [-0.25, -0.2) is 0 Å². The van der Waals surface area contributed by atoms with Crippen molar-refractivity contribution in [3.63, 3.8) is 0 Å². The quantitative estimate of drug-likeness (QED) is 0.293. The van der Waals surface area contributed by atoms with Crippen LogP contribution in [0.1, 0.15) is 0 Å². The minimum Gasteiger partial charge on any atom is -0.547 e. The first-order valence-electron chi connectivity index (χ1n) is 4.49. The van der Waals surface area contributed by atoms with Crippen LogP contribution in [0.4, 0.5) is 0 Å². The van der Waals surface area contributed by atoms with Gasteiger partial charge in [-0.3, -0.25) is 0 Å². The van der Waals surface area contributed by atoms with Crippen molar-refractivity contribution in [2.24, 2.45) is 0 Å². The van der Waals surface area contributed by atoms with Crippen LogP contribution in [0, 0.1) is 0 Å². The second kappa shape index (κ2) is 22.3. The number of aliphatic carboxylic acids is 4. The fraction of sp³-hybridized carbons (Fsp3) is 0.500. The van der Waals surface area contributed by atoms with E-state index in [4.69, 9.17) is 20.4 Å². The normalized spacial score (nSPS) is 13.2. The SMILES string of the molecule is O=C([O-])C(O)C(O)C(=O)[O-].O=C([O-])C(O)C(O)C(=O)[O-].[K+].[K+].[Na+].[Na+]. The van der Waals surface area contributed by atoms with Gasteiger partial charge in [-0.05, 0) is 0 Å². The van der Waals surface area contributed by atoms with Gasteiger partial charge in [-0.1, -0.05) is 0 Å². The van der Waals surface area contributed by atoms with Crippen molar-refractivity contribution >= 4 is 23.9 Å². The molecule has 0 spiro atoms. The van der Waals surface area contributed by atoms with Crippen LogP contribution in [0.25, 0.3) is 0 Å². The van der Waals surface area contributed by atoms with Crippen molar-refractivity contribution in [1.82, 2.24) is 0 Å². The van der Waals surface area contributed by atoms with Gasteiger partial charge in [0.05, 0.1) is 23.9 Å². The third-order valence-electron chi connectivity index (χ3n) is 1.56. The maximum absolute atomic E-state index is 9.63. The van der Waals surface area contributed by atoms with Crippen molar-refractivity contribution in [1.29, 1.82) is 0 Å². The van der Waals surface area contributed by atoms with Gasteiger partial charge in [0.2, 0.25) is 0 Å². The van der Waals surface area contributed by atoms with Crippen LogP contribution in [0.3, 0.4) is 0 Å². The van der Waals surface area contributed by atoms with E-state index in [2.05, 4.69) is 0 Å². The minimum absolute atomic E-state index is 0. The summed E-state index contributed by atoms with van der Waals surface area (Å²) in [6, 6.07) is 0. The van der Waals surface area contributed by atoms with Gasteiger partial charge in [0, 0.05) is 0 Å². The zero-order valence-corrected chi connectivity index (χ0v) is 23.6. The summed E-state index contributed by atoms with van der Waals surface area (Å²) in [7, 11) is 0. The van der Waals surface area contributed by atoms with Crippen LogP contribution in [-0.4, -0.2) is 68.7 Å². The number of carboxylic acid groups (broad SMARTS) is 4. The molecule has 0 rings (SSSR count). The van der Waals surface area contributed by atoms with Gasteiger partial charge >= 0.3 is 162 Å². The molecule has 0 amide bonds. The smallest absolute Gasteiger partial charge is 0.547 e. The van der Waals surface area contributed by atoms with Gasteiger partial charge in [0.15, 0.2) is 0 Å². The monoisotopic (exact) mass is 420 g/mol. The molecule has 24 heavy (non-hydrogen) atoms. The van der Waals surface area contributed by atoms with Crippen molar-refractivity contribution in [2.75, 3.05) is 0 Å². The van der Waals surface area contributed by atoms with Crippen LogP contribution >= 0.6 is 0 Å². The summed E-state index contributed by atoms with van der Waals surface area (Å²) in [4.78, 5) is 38.5. The Morgan fingerprint density at radius 2 is 0.583 bits per heavy atom. The van der Waals surface area contributed by atoms with Crippen LogP contribution in [-0.2, 0) is 19.2 Å². The number of carbonyl (C=O) groups excluding carboxylic acids is 4. The first-order valence-corrected chi connectivity index (χ1v) is 4.49. The van der Waals surface area contributed by atoms with E-state index < -0.39 is 48.3 Å². The maximum atomic E-state index is 9.63.